The quantitative estimate of drug-likeness (QED) is 0.905. The van der Waals surface area contributed by atoms with Crippen LogP contribution in [0.2, 0.25) is 0 Å². The van der Waals surface area contributed by atoms with Crippen LogP contribution in [0.15, 0.2) is 18.2 Å². The van der Waals surface area contributed by atoms with Gasteiger partial charge in [-0.15, -0.1) is 0 Å². The van der Waals surface area contributed by atoms with Gasteiger partial charge in [0.2, 0.25) is 5.91 Å². The molecule has 1 aromatic carbocycles. The second-order valence-corrected chi connectivity index (χ2v) is 7.07. The maximum absolute atomic E-state index is 12.6. The lowest BCUT2D eigenvalue weighted by molar-refractivity contribution is -0.153. The van der Waals surface area contributed by atoms with Crippen molar-refractivity contribution in [2.24, 2.45) is 5.92 Å². The van der Waals surface area contributed by atoms with E-state index in [1.807, 2.05) is 18.2 Å². The zero-order chi connectivity index (χ0) is 17.4. The third kappa shape index (κ3) is 3.11. The fourth-order valence-electron chi connectivity index (χ4n) is 4.24. The Bertz CT molecular complexity index is 682. The van der Waals surface area contributed by atoms with Gasteiger partial charge in [0.15, 0.2) is 0 Å². The molecule has 6 heteroatoms. The van der Waals surface area contributed by atoms with Crippen molar-refractivity contribution in [3.8, 4) is 5.75 Å². The van der Waals surface area contributed by atoms with Crippen LogP contribution in [0.1, 0.15) is 42.9 Å². The Hall–Kier alpha value is -2.08. The van der Waals surface area contributed by atoms with Crippen LogP contribution in [0.4, 0.5) is 0 Å². The number of carboxylic acid groups (broad SMARTS) is 1. The Morgan fingerprint density at radius 2 is 2.12 bits per heavy atom. The van der Waals surface area contributed by atoms with Crippen LogP contribution in [-0.4, -0.2) is 47.7 Å². The lowest BCUT2D eigenvalue weighted by Crippen LogP contribution is -2.48. The van der Waals surface area contributed by atoms with Crippen molar-refractivity contribution < 1.29 is 24.2 Å². The molecule has 0 bridgehead atoms. The first kappa shape index (κ1) is 16.4. The molecule has 6 nitrogen and oxygen atoms in total. The average Bonchev–Trinajstić information content (AvgIpc) is 3.26. The molecular formula is C19H23NO5. The number of benzene rings is 1. The maximum atomic E-state index is 12.6. The molecule has 3 atom stereocenters. The predicted octanol–water partition coefficient (Wildman–Crippen LogP) is 2.16. The molecule has 0 radical (unpaired) electrons. The lowest BCUT2D eigenvalue weighted by Gasteiger charge is -2.41. The highest BCUT2D eigenvalue weighted by Gasteiger charge is 2.42. The zero-order valence-corrected chi connectivity index (χ0v) is 14.1. The molecule has 0 aromatic heterocycles. The number of hydrogen-bond acceptors (Lipinski definition) is 4. The van der Waals surface area contributed by atoms with E-state index in [0.29, 0.717) is 19.6 Å². The molecule has 0 saturated carbocycles. The van der Waals surface area contributed by atoms with E-state index in [9.17, 15) is 14.7 Å². The molecule has 25 heavy (non-hydrogen) atoms. The summed E-state index contributed by atoms with van der Waals surface area (Å²) in [6.45, 7) is 1.85. The van der Waals surface area contributed by atoms with Crippen LogP contribution in [0.3, 0.4) is 0 Å². The molecular weight excluding hydrogens is 322 g/mol. The molecule has 0 spiro atoms. The summed E-state index contributed by atoms with van der Waals surface area (Å²) in [5.41, 5.74) is 1.99. The first-order valence-electron chi connectivity index (χ1n) is 9.03. The lowest BCUT2D eigenvalue weighted by atomic mass is 9.83. The number of aliphatic carboxylic acids is 1. The van der Waals surface area contributed by atoms with Gasteiger partial charge in [-0.2, -0.15) is 0 Å². The van der Waals surface area contributed by atoms with Crippen molar-refractivity contribution in [3.05, 3.63) is 29.3 Å². The first-order valence-corrected chi connectivity index (χ1v) is 9.03. The second kappa shape index (κ2) is 6.67. The van der Waals surface area contributed by atoms with E-state index in [0.717, 1.165) is 42.7 Å². The number of ether oxygens (including phenoxy) is 2. The van der Waals surface area contributed by atoms with Crippen molar-refractivity contribution in [1.29, 1.82) is 0 Å². The molecule has 3 aliphatic heterocycles. The van der Waals surface area contributed by atoms with E-state index in [2.05, 4.69) is 0 Å². The Morgan fingerprint density at radius 3 is 2.88 bits per heavy atom. The van der Waals surface area contributed by atoms with Gasteiger partial charge in [0.1, 0.15) is 5.75 Å². The van der Waals surface area contributed by atoms with Gasteiger partial charge < -0.3 is 19.5 Å². The molecule has 1 aromatic rings. The molecule has 4 rings (SSSR count). The smallest absolute Gasteiger partial charge is 0.308 e. The summed E-state index contributed by atoms with van der Waals surface area (Å²) < 4.78 is 11.3. The molecule has 2 fully saturated rings. The minimum atomic E-state index is -0.841. The van der Waals surface area contributed by atoms with Gasteiger partial charge in [0.25, 0.3) is 0 Å². The summed E-state index contributed by atoms with van der Waals surface area (Å²) in [7, 11) is 0. The Balaban J connectivity index is 1.68. The van der Waals surface area contributed by atoms with Crippen LogP contribution in [0.5, 0.6) is 5.75 Å². The number of carboxylic acids is 1. The fourth-order valence-corrected chi connectivity index (χ4v) is 4.24. The molecule has 2 saturated heterocycles. The average molecular weight is 345 g/mol. The summed E-state index contributed by atoms with van der Waals surface area (Å²) in [5, 5.41) is 9.73. The third-order valence-electron chi connectivity index (χ3n) is 5.50. The number of rotatable bonds is 4. The van der Waals surface area contributed by atoms with E-state index in [1.165, 1.54) is 0 Å². The van der Waals surface area contributed by atoms with Crippen LogP contribution < -0.4 is 4.74 Å². The predicted molar refractivity (Wildman–Crippen MR) is 89.4 cm³/mol. The van der Waals surface area contributed by atoms with Gasteiger partial charge in [-0.1, -0.05) is 6.07 Å². The standard InChI is InChI=1S/C19H23NO5/c21-17-6-4-15(19(22)23)18(20(17)11-14-2-1-8-24-14)13-3-5-16-12(10-13)7-9-25-16/h3,5,10,14-15,18H,1-2,4,6-9,11H2,(H,22,23). The van der Waals surface area contributed by atoms with Crippen molar-refractivity contribution >= 4 is 11.9 Å². The third-order valence-corrected chi connectivity index (χ3v) is 5.50. The number of fused-ring (bicyclic) bond motifs is 1. The highest BCUT2D eigenvalue weighted by Crippen LogP contribution is 2.39. The van der Waals surface area contributed by atoms with Crippen LogP contribution in [0.25, 0.3) is 0 Å². The molecule has 3 unspecified atom stereocenters. The van der Waals surface area contributed by atoms with E-state index in [4.69, 9.17) is 9.47 Å². The highest BCUT2D eigenvalue weighted by molar-refractivity contribution is 5.82. The van der Waals surface area contributed by atoms with Gasteiger partial charge in [0, 0.05) is 26.0 Å². The molecule has 0 aliphatic carbocycles. The maximum Gasteiger partial charge on any atom is 0.308 e. The Kier molecular flexibility index (Phi) is 4.37. The number of hydrogen-bond donors (Lipinski definition) is 1. The molecule has 134 valence electrons. The van der Waals surface area contributed by atoms with Gasteiger partial charge in [-0.25, -0.2) is 0 Å². The normalized spacial score (nSPS) is 28.7. The SMILES string of the molecule is O=C(O)C1CCC(=O)N(CC2CCCO2)C1c1ccc2c(c1)CCO2. The molecule has 3 heterocycles. The van der Waals surface area contributed by atoms with Crippen molar-refractivity contribution in [2.75, 3.05) is 19.8 Å². The number of carbonyl (C=O) groups excluding carboxylic acids is 1. The van der Waals surface area contributed by atoms with E-state index in [-0.39, 0.29) is 18.4 Å². The fraction of sp³-hybridized carbons (Fsp3) is 0.579. The van der Waals surface area contributed by atoms with Gasteiger partial charge in [0.05, 0.1) is 24.7 Å². The number of likely N-dealkylation sites (tertiary alicyclic amines) is 1. The number of piperidine rings is 1. The van der Waals surface area contributed by atoms with Crippen LogP contribution in [-0.2, 0) is 20.7 Å². The van der Waals surface area contributed by atoms with Crippen molar-refractivity contribution in [2.45, 2.75) is 44.2 Å². The minimum absolute atomic E-state index is 0.0109. The largest absolute Gasteiger partial charge is 0.493 e. The first-order chi connectivity index (χ1) is 12.1. The van der Waals surface area contributed by atoms with Gasteiger partial charge in [-0.05, 0) is 42.5 Å². The van der Waals surface area contributed by atoms with E-state index in [1.54, 1.807) is 4.90 Å². The Morgan fingerprint density at radius 1 is 1.24 bits per heavy atom. The number of nitrogens with zero attached hydrogens (tertiary/aromatic N) is 1. The summed E-state index contributed by atoms with van der Waals surface area (Å²) in [5.74, 6) is -0.538. The van der Waals surface area contributed by atoms with E-state index < -0.39 is 17.9 Å². The molecule has 1 amide bonds. The van der Waals surface area contributed by atoms with Crippen molar-refractivity contribution in [1.82, 2.24) is 4.90 Å². The Labute approximate surface area is 146 Å². The molecule has 3 aliphatic rings. The zero-order valence-electron chi connectivity index (χ0n) is 14.1. The summed E-state index contributed by atoms with van der Waals surface area (Å²) in [6.07, 6.45) is 3.43. The summed E-state index contributed by atoms with van der Waals surface area (Å²) >= 11 is 0. The van der Waals surface area contributed by atoms with Crippen molar-refractivity contribution in [3.63, 3.8) is 0 Å². The summed E-state index contributed by atoms with van der Waals surface area (Å²) in [4.78, 5) is 26.2. The number of amides is 1. The topological polar surface area (TPSA) is 76.1 Å². The summed E-state index contributed by atoms with van der Waals surface area (Å²) in [6, 6.07) is 5.39. The van der Waals surface area contributed by atoms with E-state index >= 15 is 0 Å². The van der Waals surface area contributed by atoms with Gasteiger partial charge >= 0.3 is 5.97 Å². The second-order valence-electron chi connectivity index (χ2n) is 7.07. The van der Waals surface area contributed by atoms with Crippen LogP contribution >= 0.6 is 0 Å². The van der Waals surface area contributed by atoms with Crippen LogP contribution in [0, 0.1) is 5.92 Å². The highest BCUT2D eigenvalue weighted by atomic mass is 16.5. The number of carbonyl (C=O) groups is 2. The van der Waals surface area contributed by atoms with Gasteiger partial charge in [-0.3, -0.25) is 9.59 Å². The minimum Gasteiger partial charge on any atom is -0.493 e. The molecule has 1 N–H and O–H groups in total. The monoisotopic (exact) mass is 345 g/mol.